The number of hydrogen-bond acceptors (Lipinski definition) is 4. The number of H-pyrrole nitrogens is 1. The van der Waals surface area contributed by atoms with Gasteiger partial charge in [0.25, 0.3) is 6.43 Å². The molecule has 0 amide bonds. The van der Waals surface area contributed by atoms with Gasteiger partial charge in [0.05, 0.1) is 12.0 Å². The van der Waals surface area contributed by atoms with E-state index >= 15 is 0 Å². The van der Waals surface area contributed by atoms with E-state index in [1.807, 2.05) is 0 Å². The van der Waals surface area contributed by atoms with E-state index < -0.39 is 6.43 Å². The van der Waals surface area contributed by atoms with Gasteiger partial charge in [-0.2, -0.15) is 4.98 Å². The predicted molar refractivity (Wildman–Crippen MR) is 88.5 cm³/mol. The molecule has 0 aliphatic carbocycles. The molecule has 120 valence electrons. The van der Waals surface area contributed by atoms with Gasteiger partial charge in [0, 0.05) is 22.7 Å². The van der Waals surface area contributed by atoms with Gasteiger partial charge in [0.2, 0.25) is 5.88 Å². The molecule has 2 N–H and O–H groups in total. The molecule has 2 heterocycles. The van der Waals surface area contributed by atoms with Crippen molar-refractivity contribution in [1.82, 2.24) is 9.97 Å². The molecule has 0 saturated carbocycles. The number of nitrogens with zero attached hydrogens (tertiary/aromatic N) is 1. The highest BCUT2D eigenvalue weighted by Crippen LogP contribution is 2.33. The van der Waals surface area contributed by atoms with Gasteiger partial charge >= 0.3 is 0 Å². The van der Waals surface area contributed by atoms with Crippen LogP contribution in [0.1, 0.15) is 12.0 Å². The quantitative estimate of drug-likeness (QED) is 0.483. The Hall–Kier alpha value is -1.99. The highest BCUT2D eigenvalue weighted by atomic mass is 35.5. The molecular formula is C15H12ClF2N3OS. The monoisotopic (exact) mass is 355 g/mol. The van der Waals surface area contributed by atoms with Crippen LogP contribution in [0, 0.1) is 0 Å². The predicted octanol–water partition coefficient (Wildman–Crippen LogP) is 5.28. The molecule has 0 aliphatic heterocycles. The summed E-state index contributed by atoms with van der Waals surface area (Å²) < 4.78 is 33.7. The number of alkyl halides is 2. The van der Waals surface area contributed by atoms with Crippen molar-refractivity contribution >= 4 is 40.1 Å². The third-order valence-corrected chi connectivity index (χ3v) is 4.30. The first-order chi connectivity index (χ1) is 11.1. The molecule has 8 heteroatoms. The summed E-state index contributed by atoms with van der Waals surface area (Å²) in [4.78, 5) is 7.93. The van der Waals surface area contributed by atoms with Crippen molar-refractivity contribution in [3.05, 3.63) is 47.2 Å². The maximum atomic E-state index is 12.7. The van der Waals surface area contributed by atoms with Gasteiger partial charge in [0.1, 0.15) is 10.8 Å². The van der Waals surface area contributed by atoms with Crippen molar-refractivity contribution in [2.75, 3.05) is 11.8 Å². The molecule has 0 aliphatic rings. The summed E-state index contributed by atoms with van der Waals surface area (Å²) in [6.07, 6.45) is -0.728. The van der Waals surface area contributed by atoms with E-state index in [0.29, 0.717) is 22.2 Å². The van der Waals surface area contributed by atoms with Crippen LogP contribution in [0.2, 0.25) is 5.15 Å². The Morgan fingerprint density at radius 2 is 2.13 bits per heavy atom. The van der Waals surface area contributed by atoms with Gasteiger partial charge in [-0.3, -0.25) is 0 Å². The number of aromatic amines is 1. The van der Waals surface area contributed by atoms with Gasteiger partial charge in [-0.1, -0.05) is 23.7 Å². The number of pyridine rings is 1. The third kappa shape index (κ3) is 3.35. The van der Waals surface area contributed by atoms with Crippen LogP contribution in [0.25, 0.3) is 10.9 Å². The summed E-state index contributed by atoms with van der Waals surface area (Å²) in [5.74, 6) is 0.379. The summed E-state index contributed by atoms with van der Waals surface area (Å²) in [7, 11) is 1.51. The Balaban J connectivity index is 1.82. The zero-order valence-electron chi connectivity index (χ0n) is 11.9. The lowest BCUT2D eigenvalue weighted by Crippen LogP contribution is -1.95. The Morgan fingerprint density at radius 1 is 1.30 bits per heavy atom. The molecule has 23 heavy (non-hydrogen) atoms. The number of rotatable bonds is 5. The van der Waals surface area contributed by atoms with Crippen molar-refractivity contribution in [1.29, 1.82) is 0 Å². The molecule has 2 aromatic heterocycles. The number of ether oxygens (including phenoxy) is 1. The van der Waals surface area contributed by atoms with E-state index in [1.165, 1.54) is 31.2 Å². The second kappa shape index (κ2) is 6.64. The second-order valence-corrected chi connectivity index (χ2v) is 5.89. The number of hydrogen-bond donors (Lipinski definition) is 2. The fraction of sp³-hybridized carbons (Fsp3) is 0.133. The van der Waals surface area contributed by atoms with Crippen LogP contribution in [-0.4, -0.2) is 17.1 Å². The minimum atomic E-state index is -2.48. The standard InChI is InChI=1S/C15H12ClF2N3OS/c1-22-15-10(4-5-13(16)20-15)21-23-12-7-19-11-6-8(14(17)18)2-3-9(11)12/h2-7,14,19,21H,1H3. The Bertz CT molecular complexity index is 841. The smallest absolute Gasteiger partial charge is 0.263 e. The van der Waals surface area contributed by atoms with Crippen molar-refractivity contribution in [2.45, 2.75) is 11.3 Å². The molecule has 0 bridgehead atoms. The van der Waals surface area contributed by atoms with Crippen LogP contribution in [0.4, 0.5) is 14.5 Å². The van der Waals surface area contributed by atoms with E-state index in [2.05, 4.69) is 14.7 Å². The number of benzene rings is 1. The lowest BCUT2D eigenvalue weighted by atomic mass is 10.2. The number of halogens is 3. The maximum absolute atomic E-state index is 12.7. The molecule has 0 spiro atoms. The number of anilines is 1. The van der Waals surface area contributed by atoms with E-state index in [4.69, 9.17) is 16.3 Å². The van der Waals surface area contributed by atoms with Crippen LogP contribution in [0.5, 0.6) is 5.88 Å². The minimum Gasteiger partial charge on any atom is -0.479 e. The van der Waals surface area contributed by atoms with Crippen molar-refractivity contribution in [3.8, 4) is 5.88 Å². The normalized spacial score (nSPS) is 11.2. The lowest BCUT2D eigenvalue weighted by molar-refractivity contribution is 0.151. The fourth-order valence-electron chi connectivity index (χ4n) is 2.10. The third-order valence-electron chi connectivity index (χ3n) is 3.21. The SMILES string of the molecule is COc1nc(Cl)ccc1NSc1c[nH]c2cc(C(F)F)ccc12. The number of aromatic nitrogens is 2. The van der Waals surface area contributed by atoms with E-state index in [1.54, 1.807) is 24.4 Å². The first kappa shape index (κ1) is 15.9. The number of methoxy groups -OCH3 is 1. The molecule has 1 aromatic carbocycles. The van der Waals surface area contributed by atoms with Crippen molar-refractivity contribution in [3.63, 3.8) is 0 Å². The molecule has 4 nitrogen and oxygen atoms in total. The van der Waals surface area contributed by atoms with Gasteiger partial charge in [-0.25, -0.2) is 8.78 Å². The molecule has 0 saturated heterocycles. The lowest BCUT2D eigenvalue weighted by Gasteiger charge is -2.09. The molecule has 0 radical (unpaired) electrons. The van der Waals surface area contributed by atoms with Crippen LogP contribution < -0.4 is 9.46 Å². The fourth-order valence-corrected chi connectivity index (χ4v) is 3.02. The second-order valence-electron chi connectivity index (χ2n) is 4.65. The average molecular weight is 356 g/mol. The van der Waals surface area contributed by atoms with Crippen molar-refractivity contribution < 1.29 is 13.5 Å². The molecule has 3 aromatic rings. The Morgan fingerprint density at radius 3 is 2.87 bits per heavy atom. The zero-order valence-corrected chi connectivity index (χ0v) is 13.5. The van der Waals surface area contributed by atoms with Gasteiger partial charge in [-0.15, -0.1) is 0 Å². The number of fused-ring (bicyclic) bond motifs is 1. The first-order valence-electron chi connectivity index (χ1n) is 6.61. The van der Waals surface area contributed by atoms with E-state index in [-0.39, 0.29) is 5.56 Å². The maximum Gasteiger partial charge on any atom is 0.263 e. The highest BCUT2D eigenvalue weighted by molar-refractivity contribution is 8.00. The summed E-state index contributed by atoms with van der Waals surface area (Å²) in [6.45, 7) is 0. The molecule has 0 fully saturated rings. The van der Waals surface area contributed by atoms with Gasteiger partial charge < -0.3 is 14.4 Å². The first-order valence-corrected chi connectivity index (χ1v) is 7.80. The number of nitrogens with one attached hydrogen (secondary N) is 2. The largest absolute Gasteiger partial charge is 0.479 e. The summed E-state index contributed by atoms with van der Waals surface area (Å²) >= 11 is 7.15. The Labute approximate surface area is 140 Å². The molecule has 3 rings (SSSR count). The average Bonchev–Trinajstić information content (AvgIpc) is 2.95. The molecule has 0 atom stereocenters. The van der Waals surface area contributed by atoms with E-state index in [9.17, 15) is 8.78 Å². The molecular weight excluding hydrogens is 344 g/mol. The van der Waals surface area contributed by atoms with Crippen LogP contribution >= 0.6 is 23.5 Å². The highest BCUT2D eigenvalue weighted by Gasteiger charge is 2.12. The Kier molecular flexibility index (Phi) is 4.58. The van der Waals surface area contributed by atoms with Gasteiger partial charge in [0.15, 0.2) is 0 Å². The summed E-state index contributed by atoms with van der Waals surface area (Å²) in [5.41, 5.74) is 1.32. The zero-order chi connectivity index (χ0) is 16.4. The summed E-state index contributed by atoms with van der Waals surface area (Å²) in [6, 6.07) is 7.96. The minimum absolute atomic E-state index is 0.00701. The van der Waals surface area contributed by atoms with Crippen LogP contribution in [0.15, 0.2) is 41.4 Å². The molecule has 0 unspecified atom stereocenters. The topological polar surface area (TPSA) is 49.9 Å². The van der Waals surface area contributed by atoms with E-state index in [0.717, 1.165) is 10.3 Å². The van der Waals surface area contributed by atoms with Crippen LogP contribution in [0.3, 0.4) is 0 Å². The summed E-state index contributed by atoms with van der Waals surface area (Å²) in [5, 5.41) is 1.19. The van der Waals surface area contributed by atoms with Crippen molar-refractivity contribution in [2.24, 2.45) is 0 Å². The van der Waals surface area contributed by atoms with Crippen LogP contribution in [-0.2, 0) is 0 Å². The van der Waals surface area contributed by atoms with Gasteiger partial charge in [-0.05, 0) is 30.1 Å².